The number of para-hydroxylation sites is 3. The Kier molecular flexibility index (Phi) is 5.11. The largest absolute Gasteiger partial charge is 0.419 e. The highest BCUT2D eigenvalue weighted by molar-refractivity contribution is 5.77. The first-order valence-corrected chi connectivity index (χ1v) is 10.6. The van der Waals surface area contributed by atoms with E-state index < -0.39 is 5.76 Å². The summed E-state index contributed by atoms with van der Waals surface area (Å²) in [5, 5.41) is 8.48. The van der Waals surface area contributed by atoms with Crippen LogP contribution in [-0.2, 0) is 11.3 Å². The topological polar surface area (TPSA) is 86.2 Å². The van der Waals surface area contributed by atoms with E-state index in [1.807, 2.05) is 58.0 Å². The number of likely N-dealkylation sites (tertiary alicyclic amines) is 1. The number of carbonyl (C=O) groups is 1. The lowest BCUT2D eigenvalue weighted by Crippen LogP contribution is -2.40. The maximum absolute atomic E-state index is 13.2. The van der Waals surface area contributed by atoms with E-state index in [2.05, 4.69) is 10.2 Å². The zero-order valence-corrected chi connectivity index (χ0v) is 17.1. The Balaban J connectivity index is 1.38. The van der Waals surface area contributed by atoms with Crippen molar-refractivity contribution in [2.45, 2.75) is 38.3 Å². The first-order valence-electron chi connectivity index (χ1n) is 10.6. The van der Waals surface area contributed by atoms with Crippen LogP contribution in [0.4, 0.5) is 0 Å². The van der Waals surface area contributed by atoms with E-state index in [0.717, 1.165) is 30.8 Å². The lowest BCUT2D eigenvalue weighted by atomic mass is 10.0. The van der Waals surface area contributed by atoms with Crippen molar-refractivity contribution in [3.63, 3.8) is 0 Å². The number of amides is 1. The number of nitrogens with zero attached hydrogens (tertiary/aromatic N) is 5. The van der Waals surface area contributed by atoms with Gasteiger partial charge in [0.25, 0.3) is 0 Å². The van der Waals surface area contributed by atoms with Gasteiger partial charge in [0.15, 0.2) is 11.4 Å². The van der Waals surface area contributed by atoms with E-state index in [-0.39, 0.29) is 24.9 Å². The number of fused-ring (bicyclic) bond motifs is 1. The van der Waals surface area contributed by atoms with E-state index in [1.54, 1.807) is 12.4 Å². The fourth-order valence-corrected chi connectivity index (χ4v) is 4.33. The minimum absolute atomic E-state index is 0.00416. The van der Waals surface area contributed by atoms with Crippen molar-refractivity contribution >= 4 is 17.0 Å². The van der Waals surface area contributed by atoms with Gasteiger partial charge in [-0.05, 0) is 43.5 Å². The summed E-state index contributed by atoms with van der Waals surface area (Å²) in [5.41, 5.74) is 2.21. The predicted octanol–water partition coefficient (Wildman–Crippen LogP) is 3.32. The Morgan fingerprint density at radius 1 is 1.06 bits per heavy atom. The Morgan fingerprint density at radius 2 is 1.87 bits per heavy atom. The number of aromatic nitrogens is 4. The van der Waals surface area contributed by atoms with Crippen molar-refractivity contribution in [3.8, 4) is 5.69 Å². The number of benzene rings is 2. The van der Waals surface area contributed by atoms with E-state index in [1.165, 1.54) is 4.57 Å². The molecule has 0 radical (unpaired) electrons. The number of rotatable bonds is 5. The quantitative estimate of drug-likeness (QED) is 0.497. The molecule has 1 amide bonds. The standard InChI is InChI=1S/C23H23N5O3/c29-21(13-15-27-18-10-4-5-12-20(18)31-23(27)30)26-14-7-6-11-19(26)22-25-24-16-28(22)17-8-2-1-3-9-17/h1-5,8-10,12,16,19H,6-7,11,13-15H2. The van der Waals surface area contributed by atoms with Gasteiger partial charge in [-0.2, -0.15) is 0 Å². The maximum atomic E-state index is 13.2. The fourth-order valence-electron chi connectivity index (χ4n) is 4.33. The molecule has 1 unspecified atom stereocenters. The molecule has 0 saturated carbocycles. The third-order valence-corrected chi connectivity index (χ3v) is 5.85. The molecule has 4 aromatic rings. The van der Waals surface area contributed by atoms with Crippen LogP contribution >= 0.6 is 0 Å². The molecular formula is C23H23N5O3. The molecule has 0 aliphatic carbocycles. The van der Waals surface area contributed by atoms with E-state index >= 15 is 0 Å². The molecule has 31 heavy (non-hydrogen) atoms. The van der Waals surface area contributed by atoms with Gasteiger partial charge < -0.3 is 9.32 Å². The molecule has 0 bridgehead atoms. The van der Waals surface area contributed by atoms with Gasteiger partial charge >= 0.3 is 5.76 Å². The number of hydrogen-bond acceptors (Lipinski definition) is 5. The highest BCUT2D eigenvalue weighted by atomic mass is 16.4. The van der Waals surface area contributed by atoms with E-state index in [0.29, 0.717) is 17.6 Å². The molecular weight excluding hydrogens is 394 g/mol. The lowest BCUT2D eigenvalue weighted by Gasteiger charge is -2.35. The van der Waals surface area contributed by atoms with Crippen LogP contribution in [0.2, 0.25) is 0 Å². The second kappa shape index (κ2) is 8.22. The van der Waals surface area contributed by atoms with Crippen molar-refractivity contribution in [2.24, 2.45) is 0 Å². The molecule has 158 valence electrons. The van der Waals surface area contributed by atoms with E-state index in [4.69, 9.17) is 4.42 Å². The number of piperidine rings is 1. The summed E-state index contributed by atoms with van der Waals surface area (Å²) in [6, 6.07) is 17.0. The average molecular weight is 417 g/mol. The molecule has 8 heteroatoms. The van der Waals surface area contributed by atoms with E-state index in [9.17, 15) is 9.59 Å². The molecule has 1 aliphatic rings. The monoisotopic (exact) mass is 417 g/mol. The van der Waals surface area contributed by atoms with Crippen molar-refractivity contribution in [1.29, 1.82) is 0 Å². The van der Waals surface area contributed by atoms with Crippen LogP contribution in [-0.4, -0.2) is 36.7 Å². The van der Waals surface area contributed by atoms with Crippen LogP contribution in [0.1, 0.15) is 37.5 Å². The van der Waals surface area contributed by atoms with Crippen LogP contribution in [0, 0.1) is 0 Å². The molecule has 3 heterocycles. The van der Waals surface area contributed by atoms with Crippen molar-refractivity contribution in [2.75, 3.05) is 6.54 Å². The molecule has 1 fully saturated rings. The number of oxazole rings is 1. The van der Waals surface area contributed by atoms with Crippen LogP contribution in [0.5, 0.6) is 0 Å². The minimum Gasteiger partial charge on any atom is -0.408 e. The molecule has 2 aromatic carbocycles. The summed E-state index contributed by atoms with van der Waals surface area (Å²) >= 11 is 0. The van der Waals surface area contributed by atoms with Gasteiger partial charge in [-0.15, -0.1) is 10.2 Å². The van der Waals surface area contributed by atoms with Gasteiger partial charge in [0, 0.05) is 25.2 Å². The van der Waals surface area contributed by atoms with Crippen LogP contribution < -0.4 is 5.76 Å². The summed E-state index contributed by atoms with van der Waals surface area (Å²) in [4.78, 5) is 27.3. The second-order valence-corrected chi connectivity index (χ2v) is 7.73. The zero-order chi connectivity index (χ0) is 21.2. The van der Waals surface area contributed by atoms with Gasteiger partial charge in [0.2, 0.25) is 5.91 Å². The predicted molar refractivity (Wildman–Crippen MR) is 115 cm³/mol. The van der Waals surface area contributed by atoms with Gasteiger partial charge in [-0.1, -0.05) is 30.3 Å². The Bertz CT molecular complexity index is 1260. The third kappa shape index (κ3) is 3.65. The molecule has 0 spiro atoms. The smallest absolute Gasteiger partial charge is 0.408 e. The Morgan fingerprint density at radius 3 is 2.74 bits per heavy atom. The first-order chi connectivity index (χ1) is 15.2. The summed E-state index contributed by atoms with van der Waals surface area (Å²) in [7, 11) is 0. The number of hydrogen-bond donors (Lipinski definition) is 0. The Hall–Kier alpha value is -3.68. The average Bonchev–Trinajstić information content (AvgIpc) is 3.42. The second-order valence-electron chi connectivity index (χ2n) is 7.73. The van der Waals surface area contributed by atoms with Crippen LogP contribution in [0.3, 0.4) is 0 Å². The summed E-state index contributed by atoms with van der Waals surface area (Å²) in [6.45, 7) is 0.954. The normalized spacial score (nSPS) is 16.6. The van der Waals surface area contributed by atoms with Crippen molar-refractivity contribution in [1.82, 2.24) is 24.2 Å². The van der Waals surface area contributed by atoms with Crippen LogP contribution in [0.25, 0.3) is 16.8 Å². The molecule has 5 rings (SSSR count). The molecule has 1 aliphatic heterocycles. The zero-order valence-electron chi connectivity index (χ0n) is 17.1. The number of aryl methyl sites for hydroxylation is 1. The number of carbonyl (C=O) groups excluding carboxylic acids is 1. The fraction of sp³-hybridized carbons (Fsp3) is 0.304. The molecule has 1 saturated heterocycles. The van der Waals surface area contributed by atoms with Gasteiger partial charge in [0.05, 0.1) is 11.6 Å². The minimum atomic E-state index is -0.437. The summed E-state index contributed by atoms with van der Waals surface area (Å²) in [6.07, 6.45) is 4.74. The van der Waals surface area contributed by atoms with Gasteiger partial charge in [-0.3, -0.25) is 13.9 Å². The first kappa shape index (κ1) is 19.3. The lowest BCUT2D eigenvalue weighted by molar-refractivity contribution is -0.135. The van der Waals surface area contributed by atoms with Gasteiger partial charge in [-0.25, -0.2) is 4.79 Å². The highest BCUT2D eigenvalue weighted by Gasteiger charge is 2.31. The SMILES string of the molecule is O=C(CCn1c(=O)oc2ccccc21)N1CCCCC1c1nncn1-c1ccccc1. The molecule has 0 N–H and O–H groups in total. The Labute approximate surface area is 178 Å². The summed E-state index contributed by atoms with van der Waals surface area (Å²) < 4.78 is 8.76. The van der Waals surface area contributed by atoms with Crippen LogP contribution in [0.15, 0.2) is 70.1 Å². The maximum Gasteiger partial charge on any atom is 0.419 e. The summed E-state index contributed by atoms with van der Waals surface area (Å²) in [5.74, 6) is 0.336. The molecule has 1 atom stereocenters. The van der Waals surface area contributed by atoms with Crippen molar-refractivity contribution in [3.05, 3.63) is 77.3 Å². The third-order valence-electron chi connectivity index (χ3n) is 5.85. The highest BCUT2D eigenvalue weighted by Crippen LogP contribution is 2.31. The van der Waals surface area contributed by atoms with Crippen molar-refractivity contribution < 1.29 is 9.21 Å². The van der Waals surface area contributed by atoms with Gasteiger partial charge in [0.1, 0.15) is 6.33 Å². The molecule has 2 aromatic heterocycles. The molecule has 8 nitrogen and oxygen atoms in total.